The number of amides is 4. The molecule has 5 unspecified atom stereocenters. The molecule has 0 aliphatic rings. The first-order valence-electron chi connectivity index (χ1n) is 12.4. The van der Waals surface area contributed by atoms with Crippen molar-refractivity contribution in [1.29, 1.82) is 0 Å². The topological polar surface area (TPSA) is 220 Å². The maximum Gasteiger partial charge on any atom is 0.326 e. The number of unbranched alkanes of at least 4 members (excludes halogenated alkanes) is 1. The molecule has 1 rings (SSSR count). The number of aliphatic carboxylic acids is 1. The number of nitrogens with one attached hydrogen (secondary N) is 3. The molecule has 0 radical (unpaired) electrons. The van der Waals surface area contributed by atoms with Gasteiger partial charge in [-0.25, -0.2) is 4.79 Å². The Balaban J connectivity index is 3.13. The van der Waals surface area contributed by atoms with Gasteiger partial charge >= 0.3 is 5.97 Å². The first-order chi connectivity index (χ1) is 17.5. The number of hydrogen-bond acceptors (Lipinski definition) is 7. The molecule has 10 N–H and O–H groups in total. The van der Waals surface area contributed by atoms with Gasteiger partial charge in [-0.3, -0.25) is 19.2 Å². The van der Waals surface area contributed by atoms with Gasteiger partial charge < -0.3 is 38.3 Å². The highest BCUT2D eigenvalue weighted by Gasteiger charge is 2.31. The predicted molar refractivity (Wildman–Crippen MR) is 138 cm³/mol. The summed E-state index contributed by atoms with van der Waals surface area (Å²) in [6.45, 7) is 4.10. The van der Waals surface area contributed by atoms with E-state index in [4.69, 9.17) is 17.2 Å². The summed E-state index contributed by atoms with van der Waals surface area (Å²) in [7, 11) is 0. The standard InChI is InChI=1S/C25H40N6O6/c1-3-15(2)21(28)24(35)30-18(13-16-9-5-4-6-10-16)23(34)29-17(11-7-8-12-26)22(33)31-19(25(36)37)14-20(27)32/h4-6,9-10,15,17-19,21H,3,7-8,11-14,26,28H2,1-2H3,(H2,27,32)(H,29,34)(H,30,35)(H,31,33)(H,36,37). The van der Waals surface area contributed by atoms with Crippen LogP contribution < -0.4 is 33.2 Å². The van der Waals surface area contributed by atoms with Crippen LogP contribution in [0.25, 0.3) is 0 Å². The second-order valence-electron chi connectivity index (χ2n) is 9.08. The van der Waals surface area contributed by atoms with Crippen molar-refractivity contribution in [2.24, 2.45) is 23.1 Å². The van der Waals surface area contributed by atoms with Crippen LogP contribution in [0, 0.1) is 5.92 Å². The van der Waals surface area contributed by atoms with Gasteiger partial charge in [-0.1, -0.05) is 50.6 Å². The molecule has 0 aromatic heterocycles. The predicted octanol–water partition coefficient (Wildman–Crippen LogP) is -0.854. The van der Waals surface area contributed by atoms with E-state index in [9.17, 15) is 29.1 Å². The number of carbonyl (C=O) groups excluding carboxylic acids is 4. The Morgan fingerprint density at radius 3 is 2.00 bits per heavy atom. The van der Waals surface area contributed by atoms with Gasteiger partial charge in [0.05, 0.1) is 12.5 Å². The van der Waals surface area contributed by atoms with E-state index in [0.29, 0.717) is 25.8 Å². The van der Waals surface area contributed by atoms with Crippen molar-refractivity contribution in [3.8, 4) is 0 Å². The fraction of sp³-hybridized carbons (Fsp3) is 0.560. The lowest BCUT2D eigenvalue weighted by molar-refractivity contribution is -0.143. The van der Waals surface area contributed by atoms with E-state index < -0.39 is 60.2 Å². The monoisotopic (exact) mass is 520 g/mol. The first kappa shape index (κ1) is 31.5. The summed E-state index contributed by atoms with van der Waals surface area (Å²) in [5, 5.41) is 16.9. The third kappa shape index (κ3) is 11.4. The van der Waals surface area contributed by atoms with Gasteiger partial charge in [-0.05, 0) is 37.3 Å². The number of benzene rings is 1. The van der Waals surface area contributed by atoms with E-state index in [1.54, 1.807) is 24.3 Å². The lowest BCUT2D eigenvalue weighted by atomic mass is 9.98. The van der Waals surface area contributed by atoms with E-state index in [1.807, 2.05) is 19.9 Å². The molecule has 0 saturated carbocycles. The quantitative estimate of drug-likeness (QED) is 0.128. The van der Waals surface area contributed by atoms with E-state index in [-0.39, 0.29) is 18.8 Å². The van der Waals surface area contributed by atoms with Gasteiger partial charge in [0.15, 0.2) is 0 Å². The van der Waals surface area contributed by atoms with Crippen LogP contribution in [0.5, 0.6) is 0 Å². The van der Waals surface area contributed by atoms with Gasteiger partial charge in [0, 0.05) is 6.42 Å². The van der Waals surface area contributed by atoms with Crippen molar-refractivity contribution in [2.45, 2.75) is 76.5 Å². The fourth-order valence-corrected chi connectivity index (χ4v) is 3.55. The van der Waals surface area contributed by atoms with Crippen LogP contribution in [0.4, 0.5) is 0 Å². The Morgan fingerprint density at radius 1 is 0.892 bits per heavy atom. The highest BCUT2D eigenvalue weighted by atomic mass is 16.4. The van der Waals surface area contributed by atoms with Crippen molar-refractivity contribution in [2.75, 3.05) is 6.54 Å². The number of carbonyl (C=O) groups is 5. The number of rotatable bonds is 17. The maximum atomic E-state index is 13.3. The first-order valence-corrected chi connectivity index (χ1v) is 12.4. The van der Waals surface area contributed by atoms with Gasteiger partial charge in [-0.15, -0.1) is 0 Å². The lowest BCUT2D eigenvalue weighted by Gasteiger charge is -2.26. The Bertz CT molecular complexity index is 912. The van der Waals surface area contributed by atoms with Gasteiger partial charge in [-0.2, -0.15) is 0 Å². The molecule has 37 heavy (non-hydrogen) atoms. The molecule has 4 amide bonds. The van der Waals surface area contributed by atoms with E-state index >= 15 is 0 Å². The van der Waals surface area contributed by atoms with Crippen LogP contribution in [0.1, 0.15) is 51.5 Å². The third-order valence-corrected chi connectivity index (χ3v) is 6.08. The third-order valence-electron chi connectivity index (χ3n) is 6.08. The number of hydrogen-bond donors (Lipinski definition) is 7. The molecule has 12 nitrogen and oxygen atoms in total. The van der Waals surface area contributed by atoms with Crippen molar-refractivity contribution >= 4 is 29.6 Å². The zero-order chi connectivity index (χ0) is 28.0. The van der Waals surface area contributed by atoms with Gasteiger partial charge in [0.25, 0.3) is 0 Å². The summed E-state index contributed by atoms with van der Waals surface area (Å²) in [6.07, 6.45) is 1.40. The Labute approximate surface area is 217 Å². The highest BCUT2D eigenvalue weighted by molar-refractivity contribution is 5.95. The highest BCUT2D eigenvalue weighted by Crippen LogP contribution is 2.09. The summed E-state index contributed by atoms with van der Waals surface area (Å²) in [5.41, 5.74) is 17.5. The number of carboxylic acids is 1. The average Bonchev–Trinajstić information content (AvgIpc) is 2.86. The van der Waals surface area contributed by atoms with Crippen LogP contribution in [0.3, 0.4) is 0 Å². The zero-order valence-electron chi connectivity index (χ0n) is 21.4. The smallest absolute Gasteiger partial charge is 0.326 e. The van der Waals surface area contributed by atoms with Crippen LogP contribution in [-0.2, 0) is 30.4 Å². The Morgan fingerprint density at radius 2 is 1.46 bits per heavy atom. The summed E-state index contributed by atoms with van der Waals surface area (Å²) < 4.78 is 0. The van der Waals surface area contributed by atoms with Crippen molar-refractivity contribution in [3.05, 3.63) is 35.9 Å². The van der Waals surface area contributed by atoms with Crippen molar-refractivity contribution in [3.63, 3.8) is 0 Å². The second-order valence-corrected chi connectivity index (χ2v) is 9.08. The molecule has 206 valence electrons. The molecule has 0 bridgehead atoms. The number of nitrogens with two attached hydrogens (primary N) is 3. The average molecular weight is 521 g/mol. The zero-order valence-corrected chi connectivity index (χ0v) is 21.4. The molecular formula is C25H40N6O6. The number of carboxylic acid groups (broad SMARTS) is 1. The van der Waals surface area contributed by atoms with Crippen molar-refractivity contribution < 1.29 is 29.1 Å². The molecule has 1 aromatic carbocycles. The summed E-state index contributed by atoms with van der Waals surface area (Å²) >= 11 is 0. The van der Waals surface area contributed by atoms with E-state index in [2.05, 4.69) is 16.0 Å². The molecule has 5 atom stereocenters. The largest absolute Gasteiger partial charge is 0.480 e. The molecule has 0 heterocycles. The minimum atomic E-state index is -1.55. The summed E-state index contributed by atoms with van der Waals surface area (Å²) in [6, 6.07) is 4.45. The maximum absolute atomic E-state index is 13.3. The van der Waals surface area contributed by atoms with E-state index in [0.717, 1.165) is 5.56 Å². The van der Waals surface area contributed by atoms with Crippen LogP contribution in [-0.4, -0.2) is 65.4 Å². The molecule has 0 aliphatic heterocycles. The summed E-state index contributed by atoms with van der Waals surface area (Å²) in [5.74, 6) is -4.38. The molecule has 0 spiro atoms. The summed E-state index contributed by atoms with van der Waals surface area (Å²) in [4.78, 5) is 61.7. The normalized spacial score (nSPS) is 14.9. The second kappa shape index (κ2) is 16.3. The fourth-order valence-electron chi connectivity index (χ4n) is 3.55. The minimum absolute atomic E-state index is 0.117. The van der Waals surface area contributed by atoms with Crippen LogP contribution in [0.15, 0.2) is 30.3 Å². The van der Waals surface area contributed by atoms with Gasteiger partial charge in [0.1, 0.15) is 18.1 Å². The lowest BCUT2D eigenvalue weighted by Crippen LogP contribution is -2.58. The van der Waals surface area contributed by atoms with E-state index in [1.165, 1.54) is 0 Å². The number of primary amides is 1. The molecule has 0 fully saturated rings. The molecule has 0 aliphatic carbocycles. The molecule has 0 saturated heterocycles. The molecule has 12 heteroatoms. The molecule has 1 aromatic rings. The van der Waals surface area contributed by atoms with Gasteiger partial charge in [0.2, 0.25) is 23.6 Å². The molecular weight excluding hydrogens is 480 g/mol. The van der Waals surface area contributed by atoms with Crippen LogP contribution in [0.2, 0.25) is 0 Å². The van der Waals surface area contributed by atoms with Crippen molar-refractivity contribution in [1.82, 2.24) is 16.0 Å². The SMILES string of the molecule is CCC(C)C(N)C(=O)NC(Cc1ccccc1)C(=O)NC(CCCCN)C(=O)NC(CC(N)=O)C(=O)O. The Hall–Kier alpha value is -3.51. The Kier molecular flexibility index (Phi) is 13.9. The van der Waals surface area contributed by atoms with Crippen LogP contribution >= 0.6 is 0 Å². The minimum Gasteiger partial charge on any atom is -0.480 e.